The average molecular weight is 313 g/mol. The third-order valence-electron chi connectivity index (χ3n) is 3.11. The second-order valence-electron chi connectivity index (χ2n) is 6.21. The summed E-state index contributed by atoms with van der Waals surface area (Å²) in [4.78, 5) is 11.9. The highest BCUT2D eigenvalue weighted by Gasteiger charge is 2.21. The van der Waals surface area contributed by atoms with Crippen LogP contribution in [-0.2, 0) is 4.79 Å². The molecule has 4 nitrogen and oxygen atoms in total. The highest BCUT2D eigenvalue weighted by molar-refractivity contribution is 6.31. The van der Waals surface area contributed by atoms with Gasteiger partial charge in [0.2, 0.25) is 5.91 Å². The lowest BCUT2D eigenvalue weighted by molar-refractivity contribution is -0.115. The van der Waals surface area contributed by atoms with Crippen molar-refractivity contribution in [1.82, 2.24) is 5.32 Å². The number of carbonyl (C=O) groups excluding carboxylic acids is 1. The van der Waals surface area contributed by atoms with Crippen molar-refractivity contribution in [2.24, 2.45) is 5.92 Å². The summed E-state index contributed by atoms with van der Waals surface area (Å²) in [5.41, 5.74) is 0.864. The fourth-order valence-corrected chi connectivity index (χ4v) is 2.49. The number of hydrogen-bond acceptors (Lipinski definition) is 3. The predicted molar refractivity (Wildman–Crippen MR) is 87.8 cm³/mol. The van der Waals surface area contributed by atoms with E-state index in [9.17, 15) is 9.90 Å². The molecule has 1 atom stereocenters. The van der Waals surface area contributed by atoms with Crippen LogP contribution in [0.1, 0.15) is 32.8 Å². The zero-order valence-electron chi connectivity index (χ0n) is 13.2. The molecule has 0 saturated heterocycles. The molecular weight excluding hydrogens is 288 g/mol. The molecule has 1 aromatic rings. The summed E-state index contributed by atoms with van der Waals surface area (Å²) >= 11 is 5.91. The molecular formula is C16H25ClN2O2. The molecule has 0 bridgehead atoms. The number of carbonyl (C=O) groups is 1. The lowest BCUT2D eigenvalue weighted by atomic mass is 9.94. The van der Waals surface area contributed by atoms with Gasteiger partial charge in [0.05, 0.1) is 12.1 Å². The quantitative estimate of drug-likeness (QED) is 0.725. The molecule has 118 valence electrons. The number of hydrogen-bond donors (Lipinski definition) is 3. The minimum atomic E-state index is -0.805. The van der Waals surface area contributed by atoms with Crippen molar-refractivity contribution in [1.29, 1.82) is 0 Å². The number of nitrogens with one attached hydrogen (secondary N) is 2. The van der Waals surface area contributed by atoms with E-state index in [1.807, 2.05) is 13.0 Å². The van der Waals surface area contributed by atoms with Crippen molar-refractivity contribution in [2.75, 3.05) is 18.4 Å². The Bertz CT molecular complexity index is 487. The summed E-state index contributed by atoms with van der Waals surface area (Å²) in [5, 5.41) is 16.5. The number of benzene rings is 1. The Balaban J connectivity index is 2.43. The molecule has 1 unspecified atom stereocenters. The van der Waals surface area contributed by atoms with Crippen LogP contribution in [0.25, 0.3) is 0 Å². The standard InChI is InChI=1S/C16H25ClN2O2/c1-11(2)8-16(4,21)10-18-9-15(20)19-14-7-13(17)6-5-12(14)3/h5-7,11,18,21H,8-10H2,1-4H3,(H,19,20). The van der Waals surface area contributed by atoms with Crippen molar-refractivity contribution < 1.29 is 9.90 Å². The molecule has 0 aromatic heterocycles. The van der Waals surface area contributed by atoms with Gasteiger partial charge < -0.3 is 15.7 Å². The van der Waals surface area contributed by atoms with E-state index in [4.69, 9.17) is 11.6 Å². The summed E-state index contributed by atoms with van der Waals surface area (Å²) < 4.78 is 0. The van der Waals surface area contributed by atoms with E-state index < -0.39 is 5.60 Å². The molecule has 0 aliphatic carbocycles. The second-order valence-corrected chi connectivity index (χ2v) is 6.64. The first-order valence-corrected chi connectivity index (χ1v) is 7.56. The van der Waals surface area contributed by atoms with Gasteiger partial charge in [0.1, 0.15) is 0 Å². The maximum Gasteiger partial charge on any atom is 0.238 e. The molecule has 1 aromatic carbocycles. The predicted octanol–water partition coefficient (Wildman–Crippen LogP) is 2.97. The minimum Gasteiger partial charge on any atom is -0.389 e. The number of aliphatic hydroxyl groups is 1. The van der Waals surface area contributed by atoms with Gasteiger partial charge in [-0.2, -0.15) is 0 Å². The van der Waals surface area contributed by atoms with Gasteiger partial charge in [-0.25, -0.2) is 0 Å². The summed E-state index contributed by atoms with van der Waals surface area (Å²) in [6.45, 7) is 8.34. The fourth-order valence-electron chi connectivity index (χ4n) is 2.32. The SMILES string of the molecule is Cc1ccc(Cl)cc1NC(=O)CNCC(C)(O)CC(C)C. The molecule has 1 amide bonds. The van der Waals surface area contributed by atoms with Crippen molar-refractivity contribution in [3.05, 3.63) is 28.8 Å². The highest BCUT2D eigenvalue weighted by Crippen LogP contribution is 2.20. The lowest BCUT2D eigenvalue weighted by Crippen LogP contribution is -2.41. The van der Waals surface area contributed by atoms with E-state index >= 15 is 0 Å². The van der Waals surface area contributed by atoms with Crippen LogP contribution < -0.4 is 10.6 Å². The van der Waals surface area contributed by atoms with Gasteiger partial charge in [0.15, 0.2) is 0 Å². The first-order chi connectivity index (χ1) is 9.69. The van der Waals surface area contributed by atoms with Gasteiger partial charge in [-0.1, -0.05) is 31.5 Å². The number of anilines is 1. The van der Waals surface area contributed by atoms with Crippen LogP contribution in [-0.4, -0.2) is 29.7 Å². The van der Waals surface area contributed by atoms with Gasteiger partial charge in [-0.05, 0) is 43.9 Å². The minimum absolute atomic E-state index is 0.152. The van der Waals surface area contributed by atoms with Gasteiger partial charge >= 0.3 is 0 Å². The molecule has 0 heterocycles. The Labute approximate surface area is 131 Å². The van der Waals surface area contributed by atoms with E-state index in [2.05, 4.69) is 24.5 Å². The molecule has 1 rings (SSSR count). The van der Waals surface area contributed by atoms with Crippen molar-refractivity contribution >= 4 is 23.2 Å². The Morgan fingerprint density at radius 2 is 2.10 bits per heavy atom. The highest BCUT2D eigenvalue weighted by atomic mass is 35.5. The van der Waals surface area contributed by atoms with E-state index in [1.54, 1.807) is 19.1 Å². The largest absolute Gasteiger partial charge is 0.389 e. The first kappa shape index (κ1) is 18.0. The summed E-state index contributed by atoms with van der Waals surface area (Å²) in [5.74, 6) is 0.255. The molecule has 0 fully saturated rings. The monoisotopic (exact) mass is 312 g/mol. The van der Waals surface area contributed by atoms with Gasteiger partial charge in [-0.15, -0.1) is 0 Å². The first-order valence-electron chi connectivity index (χ1n) is 7.19. The fraction of sp³-hybridized carbons (Fsp3) is 0.562. The molecule has 0 aliphatic rings. The van der Waals surface area contributed by atoms with Gasteiger partial charge in [0, 0.05) is 17.3 Å². The van der Waals surface area contributed by atoms with Crippen LogP contribution in [0.15, 0.2) is 18.2 Å². The third kappa shape index (κ3) is 6.93. The Morgan fingerprint density at radius 3 is 2.71 bits per heavy atom. The zero-order chi connectivity index (χ0) is 16.0. The smallest absolute Gasteiger partial charge is 0.238 e. The van der Waals surface area contributed by atoms with Crippen LogP contribution in [0, 0.1) is 12.8 Å². The Morgan fingerprint density at radius 1 is 1.43 bits per heavy atom. The maximum absolute atomic E-state index is 11.9. The van der Waals surface area contributed by atoms with Crippen molar-refractivity contribution in [3.63, 3.8) is 0 Å². The van der Waals surface area contributed by atoms with Gasteiger partial charge in [-0.3, -0.25) is 4.79 Å². The maximum atomic E-state index is 11.9. The molecule has 21 heavy (non-hydrogen) atoms. The Kier molecular flexibility index (Phi) is 6.65. The summed E-state index contributed by atoms with van der Waals surface area (Å²) in [6, 6.07) is 5.37. The zero-order valence-corrected chi connectivity index (χ0v) is 13.9. The van der Waals surface area contributed by atoms with Crippen molar-refractivity contribution in [2.45, 2.75) is 39.7 Å². The van der Waals surface area contributed by atoms with Gasteiger partial charge in [0.25, 0.3) is 0 Å². The van der Waals surface area contributed by atoms with Crippen LogP contribution >= 0.6 is 11.6 Å². The van der Waals surface area contributed by atoms with Crippen LogP contribution in [0.4, 0.5) is 5.69 Å². The number of rotatable bonds is 7. The molecule has 0 aliphatic heterocycles. The van der Waals surface area contributed by atoms with E-state index in [-0.39, 0.29) is 12.5 Å². The Hall–Kier alpha value is -1.10. The third-order valence-corrected chi connectivity index (χ3v) is 3.35. The van der Waals surface area contributed by atoms with E-state index in [0.29, 0.717) is 29.6 Å². The number of amides is 1. The molecule has 0 radical (unpaired) electrons. The molecule has 3 N–H and O–H groups in total. The summed E-state index contributed by atoms with van der Waals surface area (Å²) in [7, 11) is 0. The second kappa shape index (κ2) is 7.78. The van der Waals surface area contributed by atoms with Crippen LogP contribution in [0.5, 0.6) is 0 Å². The summed E-state index contributed by atoms with van der Waals surface area (Å²) in [6.07, 6.45) is 0.690. The molecule has 5 heteroatoms. The van der Waals surface area contributed by atoms with Crippen LogP contribution in [0.3, 0.4) is 0 Å². The number of halogens is 1. The lowest BCUT2D eigenvalue weighted by Gasteiger charge is -2.25. The normalized spacial score (nSPS) is 14.0. The number of aryl methyl sites for hydroxylation is 1. The van der Waals surface area contributed by atoms with Crippen molar-refractivity contribution in [3.8, 4) is 0 Å². The van der Waals surface area contributed by atoms with E-state index in [0.717, 1.165) is 5.56 Å². The average Bonchev–Trinajstić information content (AvgIpc) is 2.31. The molecule has 0 saturated carbocycles. The topological polar surface area (TPSA) is 61.4 Å². The van der Waals surface area contributed by atoms with Crippen LogP contribution in [0.2, 0.25) is 5.02 Å². The van der Waals surface area contributed by atoms with E-state index in [1.165, 1.54) is 0 Å². The molecule has 0 spiro atoms.